The lowest BCUT2D eigenvalue weighted by Gasteiger charge is -2.21. The molecular formula is C14H21ClN2O2. The zero-order chi connectivity index (χ0) is 12.8. The Morgan fingerprint density at radius 2 is 2.16 bits per heavy atom. The first kappa shape index (κ1) is 15.8. The number of piperidine rings is 1. The molecule has 4 nitrogen and oxygen atoms in total. The number of carbonyl (C=O) groups is 1. The number of carbonyl (C=O) groups excluding carboxylic acids is 1. The molecule has 0 aromatic heterocycles. The van der Waals surface area contributed by atoms with Crippen molar-refractivity contribution < 1.29 is 9.53 Å². The minimum absolute atomic E-state index is 0. The van der Waals surface area contributed by atoms with Crippen LogP contribution in [0.15, 0.2) is 24.3 Å². The van der Waals surface area contributed by atoms with E-state index >= 15 is 0 Å². The van der Waals surface area contributed by atoms with Crippen molar-refractivity contribution in [1.29, 1.82) is 0 Å². The number of methoxy groups -OCH3 is 1. The van der Waals surface area contributed by atoms with Crippen LogP contribution in [-0.4, -0.2) is 26.1 Å². The van der Waals surface area contributed by atoms with Gasteiger partial charge in [-0.25, -0.2) is 0 Å². The van der Waals surface area contributed by atoms with E-state index in [1.165, 1.54) is 0 Å². The van der Waals surface area contributed by atoms with Crippen molar-refractivity contribution in [2.45, 2.75) is 19.3 Å². The largest absolute Gasteiger partial charge is 0.497 e. The summed E-state index contributed by atoms with van der Waals surface area (Å²) in [6.45, 7) is 2.05. The summed E-state index contributed by atoms with van der Waals surface area (Å²) in [5, 5.41) is 6.23. The molecule has 0 bridgehead atoms. The van der Waals surface area contributed by atoms with Crippen molar-refractivity contribution in [3.63, 3.8) is 0 Å². The van der Waals surface area contributed by atoms with E-state index in [2.05, 4.69) is 10.6 Å². The van der Waals surface area contributed by atoms with Crippen molar-refractivity contribution in [2.75, 3.05) is 25.5 Å². The first-order valence-corrected chi connectivity index (χ1v) is 6.42. The van der Waals surface area contributed by atoms with Gasteiger partial charge in [0.25, 0.3) is 0 Å². The van der Waals surface area contributed by atoms with E-state index in [4.69, 9.17) is 4.74 Å². The van der Waals surface area contributed by atoms with Gasteiger partial charge in [-0.1, -0.05) is 6.07 Å². The third-order valence-electron chi connectivity index (χ3n) is 3.29. The summed E-state index contributed by atoms with van der Waals surface area (Å²) in [5.41, 5.74) is 0.799. The van der Waals surface area contributed by atoms with Gasteiger partial charge in [-0.3, -0.25) is 4.79 Å². The van der Waals surface area contributed by atoms with Crippen molar-refractivity contribution in [3.05, 3.63) is 24.3 Å². The molecule has 1 heterocycles. The second-order valence-corrected chi connectivity index (χ2v) is 4.68. The van der Waals surface area contributed by atoms with E-state index in [0.717, 1.165) is 37.4 Å². The summed E-state index contributed by atoms with van der Waals surface area (Å²) < 4.78 is 5.13. The van der Waals surface area contributed by atoms with Crippen LogP contribution < -0.4 is 15.4 Å². The minimum atomic E-state index is 0. The lowest BCUT2D eigenvalue weighted by Crippen LogP contribution is -2.30. The van der Waals surface area contributed by atoms with Crippen molar-refractivity contribution in [3.8, 4) is 5.75 Å². The third kappa shape index (κ3) is 5.09. The maximum atomic E-state index is 11.9. The Labute approximate surface area is 120 Å². The van der Waals surface area contributed by atoms with Crippen LogP contribution in [0.5, 0.6) is 5.75 Å². The molecule has 0 spiro atoms. The molecule has 1 amide bonds. The van der Waals surface area contributed by atoms with Gasteiger partial charge in [-0.2, -0.15) is 0 Å². The Morgan fingerprint density at radius 3 is 2.84 bits per heavy atom. The first-order valence-electron chi connectivity index (χ1n) is 6.42. The van der Waals surface area contributed by atoms with Crippen molar-refractivity contribution in [1.82, 2.24) is 5.32 Å². The molecule has 1 aliphatic rings. The highest BCUT2D eigenvalue weighted by Crippen LogP contribution is 2.19. The normalized spacial score (nSPS) is 15.4. The Bertz CT molecular complexity index is 406. The first-order chi connectivity index (χ1) is 8.78. The Morgan fingerprint density at radius 1 is 1.42 bits per heavy atom. The molecule has 106 valence electrons. The van der Waals surface area contributed by atoms with E-state index in [0.29, 0.717) is 12.3 Å². The number of nitrogens with one attached hydrogen (secondary N) is 2. The third-order valence-corrected chi connectivity index (χ3v) is 3.29. The van der Waals surface area contributed by atoms with Crippen LogP contribution in [0.1, 0.15) is 19.3 Å². The van der Waals surface area contributed by atoms with Gasteiger partial charge in [0, 0.05) is 18.2 Å². The topological polar surface area (TPSA) is 50.4 Å². The summed E-state index contributed by atoms with van der Waals surface area (Å²) in [7, 11) is 1.62. The van der Waals surface area contributed by atoms with Crippen LogP contribution in [0.4, 0.5) is 5.69 Å². The lowest BCUT2D eigenvalue weighted by molar-refractivity contribution is -0.117. The zero-order valence-electron chi connectivity index (χ0n) is 11.1. The predicted molar refractivity (Wildman–Crippen MR) is 79.1 cm³/mol. The summed E-state index contributed by atoms with van der Waals surface area (Å²) in [6, 6.07) is 7.45. The molecule has 2 N–H and O–H groups in total. The SMILES string of the molecule is COc1cccc(NC(=O)CC2CCNCC2)c1.Cl. The molecule has 5 heteroatoms. The van der Waals surface area contributed by atoms with Crippen LogP contribution in [0.25, 0.3) is 0 Å². The van der Waals surface area contributed by atoms with E-state index in [1.54, 1.807) is 7.11 Å². The van der Waals surface area contributed by atoms with Gasteiger partial charge in [0.15, 0.2) is 0 Å². The Kier molecular flexibility index (Phi) is 6.67. The van der Waals surface area contributed by atoms with E-state index in [9.17, 15) is 4.79 Å². The highest BCUT2D eigenvalue weighted by Gasteiger charge is 2.16. The molecule has 0 atom stereocenters. The molecule has 0 saturated carbocycles. The molecule has 1 aromatic rings. The van der Waals surface area contributed by atoms with Gasteiger partial charge in [-0.15, -0.1) is 12.4 Å². The Balaban J connectivity index is 0.00000180. The van der Waals surface area contributed by atoms with E-state index in [1.807, 2.05) is 24.3 Å². The fourth-order valence-electron chi connectivity index (χ4n) is 2.26. The maximum absolute atomic E-state index is 11.9. The predicted octanol–water partition coefficient (Wildman–Crippen LogP) is 2.45. The van der Waals surface area contributed by atoms with Gasteiger partial charge >= 0.3 is 0 Å². The Hall–Kier alpha value is -1.26. The number of amides is 1. The summed E-state index contributed by atoms with van der Waals surface area (Å²) >= 11 is 0. The van der Waals surface area contributed by atoms with Crippen LogP contribution in [0, 0.1) is 5.92 Å². The molecule has 19 heavy (non-hydrogen) atoms. The van der Waals surface area contributed by atoms with E-state index < -0.39 is 0 Å². The average Bonchev–Trinajstić information content (AvgIpc) is 2.40. The van der Waals surface area contributed by atoms with Crippen LogP contribution >= 0.6 is 12.4 Å². The number of hydrogen-bond acceptors (Lipinski definition) is 3. The maximum Gasteiger partial charge on any atom is 0.224 e. The molecule has 1 saturated heterocycles. The summed E-state index contributed by atoms with van der Waals surface area (Å²) in [4.78, 5) is 11.9. The molecule has 1 aromatic carbocycles. The molecule has 1 fully saturated rings. The average molecular weight is 285 g/mol. The summed E-state index contributed by atoms with van der Waals surface area (Å²) in [6.07, 6.45) is 2.79. The fraction of sp³-hybridized carbons (Fsp3) is 0.500. The number of rotatable bonds is 4. The number of benzene rings is 1. The second kappa shape index (κ2) is 8.02. The minimum Gasteiger partial charge on any atom is -0.497 e. The second-order valence-electron chi connectivity index (χ2n) is 4.68. The standard InChI is InChI=1S/C14H20N2O2.ClH/c1-18-13-4-2-3-12(10-13)16-14(17)9-11-5-7-15-8-6-11;/h2-4,10-11,15H,5-9H2,1H3,(H,16,17);1H. The van der Waals surface area contributed by atoms with Crippen molar-refractivity contribution >= 4 is 24.0 Å². The zero-order valence-corrected chi connectivity index (χ0v) is 12.0. The highest BCUT2D eigenvalue weighted by atomic mass is 35.5. The number of anilines is 1. The monoisotopic (exact) mass is 284 g/mol. The van der Waals surface area contributed by atoms with Gasteiger partial charge in [0.2, 0.25) is 5.91 Å². The molecule has 1 aliphatic heterocycles. The molecule has 0 unspecified atom stereocenters. The lowest BCUT2D eigenvalue weighted by atomic mass is 9.94. The number of hydrogen-bond donors (Lipinski definition) is 2. The number of halogens is 1. The van der Waals surface area contributed by atoms with Gasteiger partial charge in [0.1, 0.15) is 5.75 Å². The van der Waals surface area contributed by atoms with E-state index in [-0.39, 0.29) is 18.3 Å². The fourth-order valence-corrected chi connectivity index (χ4v) is 2.26. The molecule has 0 aliphatic carbocycles. The van der Waals surface area contributed by atoms with Gasteiger partial charge in [0.05, 0.1) is 7.11 Å². The molecule has 0 radical (unpaired) electrons. The quantitative estimate of drug-likeness (QED) is 0.893. The number of ether oxygens (including phenoxy) is 1. The summed E-state index contributed by atoms with van der Waals surface area (Å²) in [5.74, 6) is 1.36. The van der Waals surface area contributed by atoms with Crippen LogP contribution in [0.2, 0.25) is 0 Å². The van der Waals surface area contributed by atoms with Crippen LogP contribution in [-0.2, 0) is 4.79 Å². The van der Waals surface area contributed by atoms with Crippen LogP contribution in [0.3, 0.4) is 0 Å². The molecule has 2 rings (SSSR count). The van der Waals surface area contributed by atoms with Gasteiger partial charge in [-0.05, 0) is 44.0 Å². The van der Waals surface area contributed by atoms with Crippen molar-refractivity contribution in [2.24, 2.45) is 5.92 Å². The van der Waals surface area contributed by atoms with Gasteiger partial charge < -0.3 is 15.4 Å². The molecular weight excluding hydrogens is 264 g/mol. The highest BCUT2D eigenvalue weighted by molar-refractivity contribution is 5.91. The smallest absolute Gasteiger partial charge is 0.224 e.